The molecule has 0 bridgehead atoms. The Hall–Kier alpha value is -2.40. The van der Waals surface area contributed by atoms with Crippen molar-refractivity contribution in [2.45, 2.75) is 13.0 Å². The summed E-state index contributed by atoms with van der Waals surface area (Å²) in [7, 11) is 0. The summed E-state index contributed by atoms with van der Waals surface area (Å²) in [5.74, 6) is -0.194. The monoisotopic (exact) mass is 289 g/mol. The molecule has 0 saturated heterocycles. The summed E-state index contributed by atoms with van der Waals surface area (Å²) in [5.41, 5.74) is 1.45. The van der Waals surface area contributed by atoms with Crippen molar-refractivity contribution in [1.29, 1.82) is 0 Å². The maximum Gasteiger partial charge on any atom is 0.244 e. The summed E-state index contributed by atoms with van der Waals surface area (Å²) in [5, 5.41) is 11.9. The van der Waals surface area contributed by atoms with E-state index in [0.717, 1.165) is 5.56 Å². The van der Waals surface area contributed by atoms with E-state index in [1.54, 1.807) is 31.2 Å². The van der Waals surface area contributed by atoms with E-state index < -0.39 is 6.04 Å². The number of carbonyl (C=O) groups is 1. The molecule has 1 aromatic carbocycles. The van der Waals surface area contributed by atoms with Crippen molar-refractivity contribution in [1.82, 2.24) is 5.32 Å². The maximum atomic E-state index is 12.9. The zero-order chi connectivity index (χ0) is 15.2. The number of halogens is 1. The Morgan fingerprint density at radius 3 is 2.67 bits per heavy atom. The molecule has 4 nitrogen and oxygen atoms in total. The molecule has 0 aliphatic carbocycles. The van der Waals surface area contributed by atoms with Gasteiger partial charge in [0, 0.05) is 6.08 Å². The van der Waals surface area contributed by atoms with Gasteiger partial charge in [0.15, 0.2) is 0 Å². The van der Waals surface area contributed by atoms with Crippen LogP contribution in [0.4, 0.5) is 4.39 Å². The predicted molar refractivity (Wildman–Crippen MR) is 76.7 cm³/mol. The smallest absolute Gasteiger partial charge is 0.244 e. The fourth-order valence-electron chi connectivity index (χ4n) is 1.90. The first-order chi connectivity index (χ1) is 10.1. The molecule has 110 valence electrons. The number of amides is 1. The normalized spacial score (nSPS) is 13.0. The van der Waals surface area contributed by atoms with Gasteiger partial charge in [-0.2, -0.15) is 0 Å². The molecule has 0 fully saturated rings. The highest BCUT2D eigenvalue weighted by atomic mass is 19.1. The minimum Gasteiger partial charge on any atom is -0.467 e. The third-order valence-electron chi connectivity index (χ3n) is 3.03. The Labute approximate surface area is 121 Å². The van der Waals surface area contributed by atoms with Crippen LogP contribution in [-0.2, 0) is 4.79 Å². The second-order valence-corrected chi connectivity index (χ2v) is 4.59. The lowest BCUT2D eigenvalue weighted by Gasteiger charge is -2.12. The maximum absolute atomic E-state index is 12.9. The van der Waals surface area contributed by atoms with Crippen LogP contribution in [0.15, 0.2) is 53.2 Å². The molecule has 0 aliphatic rings. The number of allylic oxidation sites excluding steroid dienone is 1. The van der Waals surface area contributed by atoms with Gasteiger partial charge in [0.1, 0.15) is 17.6 Å². The summed E-state index contributed by atoms with van der Waals surface area (Å²) in [6.07, 6.45) is 2.88. The van der Waals surface area contributed by atoms with Crippen LogP contribution in [0.2, 0.25) is 0 Å². The molecule has 0 saturated carbocycles. The SMILES string of the molecule is C/C(=C/C(=O)NC(CO)c1ccco1)c1ccc(F)cc1. The minimum atomic E-state index is -0.593. The van der Waals surface area contributed by atoms with Crippen LogP contribution in [0.5, 0.6) is 0 Å². The Balaban J connectivity index is 2.06. The minimum absolute atomic E-state index is 0.261. The van der Waals surface area contributed by atoms with Gasteiger partial charge in [-0.3, -0.25) is 4.79 Å². The Kier molecular flexibility index (Phi) is 4.90. The van der Waals surface area contributed by atoms with Gasteiger partial charge in [-0.05, 0) is 42.3 Å². The highest BCUT2D eigenvalue weighted by molar-refractivity contribution is 5.95. The molecule has 2 rings (SSSR count). The second kappa shape index (κ2) is 6.85. The standard InChI is InChI=1S/C16H16FNO3/c1-11(12-4-6-13(17)7-5-12)9-16(20)18-14(10-19)15-3-2-8-21-15/h2-9,14,19H,10H2,1H3,(H,18,20)/b11-9-. The molecule has 21 heavy (non-hydrogen) atoms. The van der Waals surface area contributed by atoms with E-state index in [4.69, 9.17) is 4.42 Å². The van der Waals surface area contributed by atoms with Crippen molar-refractivity contribution in [2.24, 2.45) is 0 Å². The van der Waals surface area contributed by atoms with Crippen LogP contribution in [0, 0.1) is 5.82 Å². The van der Waals surface area contributed by atoms with Gasteiger partial charge in [0.2, 0.25) is 5.91 Å². The average molecular weight is 289 g/mol. The summed E-state index contributed by atoms with van der Waals surface area (Å²) in [4.78, 5) is 11.9. The molecule has 1 amide bonds. The van der Waals surface area contributed by atoms with Crippen LogP contribution < -0.4 is 5.32 Å². The van der Waals surface area contributed by atoms with Crippen molar-refractivity contribution in [3.05, 3.63) is 65.9 Å². The first-order valence-corrected chi connectivity index (χ1v) is 6.49. The first-order valence-electron chi connectivity index (χ1n) is 6.49. The molecule has 0 spiro atoms. The molecule has 0 radical (unpaired) electrons. The molecular formula is C16H16FNO3. The van der Waals surface area contributed by atoms with E-state index in [1.807, 2.05) is 0 Å². The molecule has 1 atom stereocenters. The molecule has 1 heterocycles. The van der Waals surface area contributed by atoms with E-state index in [1.165, 1.54) is 24.5 Å². The quantitative estimate of drug-likeness (QED) is 0.832. The predicted octanol–water partition coefficient (Wildman–Crippen LogP) is 2.67. The molecule has 1 unspecified atom stereocenters. The van der Waals surface area contributed by atoms with Crippen molar-refractivity contribution >= 4 is 11.5 Å². The fourth-order valence-corrected chi connectivity index (χ4v) is 1.90. The largest absolute Gasteiger partial charge is 0.467 e. The van der Waals surface area contributed by atoms with Crippen molar-refractivity contribution < 1.29 is 18.7 Å². The number of benzene rings is 1. The topological polar surface area (TPSA) is 62.5 Å². The van der Waals surface area contributed by atoms with Crippen LogP contribution >= 0.6 is 0 Å². The highest BCUT2D eigenvalue weighted by Gasteiger charge is 2.15. The Bertz CT molecular complexity index is 617. The van der Waals surface area contributed by atoms with Crippen LogP contribution in [0.1, 0.15) is 24.3 Å². The van der Waals surface area contributed by atoms with Gasteiger partial charge in [-0.1, -0.05) is 12.1 Å². The number of nitrogens with one attached hydrogen (secondary N) is 1. The van der Waals surface area contributed by atoms with Gasteiger partial charge in [-0.15, -0.1) is 0 Å². The van der Waals surface area contributed by atoms with E-state index in [9.17, 15) is 14.3 Å². The number of aliphatic hydroxyl groups is 1. The number of rotatable bonds is 5. The van der Waals surface area contributed by atoms with Gasteiger partial charge in [0.25, 0.3) is 0 Å². The number of aliphatic hydroxyl groups excluding tert-OH is 1. The van der Waals surface area contributed by atoms with Gasteiger partial charge in [-0.25, -0.2) is 4.39 Å². The van der Waals surface area contributed by atoms with Gasteiger partial charge < -0.3 is 14.8 Å². The number of carbonyl (C=O) groups excluding carboxylic acids is 1. The van der Waals surface area contributed by atoms with Gasteiger partial charge >= 0.3 is 0 Å². The molecule has 1 aromatic heterocycles. The van der Waals surface area contributed by atoms with Crippen molar-refractivity contribution in [2.75, 3.05) is 6.61 Å². The number of furan rings is 1. The van der Waals surface area contributed by atoms with Crippen LogP contribution in [0.25, 0.3) is 5.57 Å². The Morgan fingerprint density at radius 1 is 1.38 bits per heavy atom. The summed E-state index contributed by atoms with van der Waals surface area (Å²) in [6.45, 7) is 1.50. The van der Waals surface area contributed by atoms with Crippen LogP contribution in [0.3, 0.4) is 0 Å². The average Bonchev–Trinajstić information content (AvgIpc) is 2.99. The van der Waals surface area contributed by atoms with E-state index in [-0.39, 0.29) is 18.3 Å². The van der Waals surface area contributed by atoms with Gasteiger partial charge in [0.05, 0.1) is 12.9 Å². The van der Waals surface area contributed by atoms with Crippen LogP contribution in [-0.4, -0.2) is 17.6 Å². The van der Waals surface area contributed by atoms with Crippen molar-refractivity contribution in [3.63, 3.8) is 0 Å². The molecule has 0 aliphatic heterocycles. The molecule has 2 aromatic rings. The molecular weight excluding hydrogens is 273 g/mol. The van der Waals surface area contributed by atoms with E-state index >= 15 is 0 Å². The zero-order valence-corrected chi connectivity index (χ0v) is 11.5. The number of hydrogen-bond acceptors (Lipinski definition) is 3. The Morgan fingerprint density at radius 2 is 2.10 bits per heavy atom. The fraction of sp³-hybridized carbons (Fsp3) is 0.188. The molecule has 5 heteroatoms. The van der Waals surface area contributed by atoms with E-state index in [0.29, 0.717) is 11.3 Å². The summed E-state index contributed by atoms with van der Waals surface area (Å²) in [6, 6.07) is 8.65. The lowest BCUT2D eigenvalue weighted by molar-refractivity contribution is -0.117. The third-order valence-corrected chi connectivity index (χ3v) is 3.03. The number of hydrogen-bond donors (Lipinski definition) is 2. The lowest BCUT2D eigenvalue weighted by atomic mass is 10.1. The highest BCUT2D eigenvalue weighted by Crippen LogP contribution is 2.15. The lowest BCUT2D eigenvalue weighted by Crippen LogP contribution is -2.29. The third kappa shape index (κ3) is 4.03. The summed E-state index contributed by atoms with van der Waals surface area (Å²) >= 11 is 0. The first kappa shape index (κ1) is 15.0. The summed E-state index contributed by atoms with van der Waals surface area (Å²) < 4.78 is 18.0. The zero-order valence-electron chi connectivity index (χ0n) is 11.5. The van der Waals surface area contributed by atoms with Crippen molar-refractivity contribution in [3.8, 4) is 0 Å². The van der Waals surface area contributed by atoms with E-state index in [2.05, 4.69) is 5.32 Å². The molecule has 2 N–H and O–H groups in total. The second-order valence-electron chi connectivity index (χ2n) is 4.59.